The molecule has 286 valence electrons. The molecule has 10 nitrogen and oxygen atoms in total. The lowest BCUT2D eigenvalue weighted by molar-refractivity contribution is -0.137. The van der Waals surface area contributed by atoms with Gasteiger partial charge in [0.05, 0.1) is 17.3 Å². The van der Waals surface area contributed by atoms with E-state index in [-0.39, 0.29) is 29.6 Å². The maximum atomic E-state index is 14.2. The normalized spacial score (nSPS) is 24.0. The zero-order chi connectivity index (χ0) is 37.4. The number of H-pyrrole nitrogens is 1. The molecule has 17 heteroatoms. The van der Waals surface area contributed by atoms with Crippen LogP contribution in [0.1, 0.15) is 69.4 Å². The Morgan fingerprint density at radius 1 is 0.942 bits per heavy atom. The maximum Gasteiger partial charge on any atom is 0.416 e. The number of halogens is 7. The molecule has 3 aliphatic heterocycles. The van der Waals surface area contributed by atoms with Gasteiger partial charge in [0.1, 0.15) is 12.5 Å². The van der Waals surface area contributed by atoms with Gasteiger partial charge in [0.25, 0.3) is 0 Å². The lowest BCUT2D eigenvalue weighted by atomic mass is 9.90. The van der Waals surface area contributed by atoms with E-state index >= 15 is 0 Å². The summed E-state index contributed by atoms with van der Waals surface area (Å²) >= 11 is 14.8. The Morgan fingerprint density at radius 2 is 1.58 bits per heavy atom. The van der Waals surface area contributed by atoms with E-state index in [4.69, 9.17) is 5.73 Å². The fraction of sp³-hybridized carbons (Fsp3) is 0.629. The molecular weight excluding hydrogens is 943 g/mol. The van der Waals surface area contributed by atoms with Gasteiger partial charge in [0.2, 0.25) is 5.91 Å². The van der Waals surface area contributed by atoms with Crippen LogP contribution in [-0.4, -0.2) is 100 Å². The van der Waals surface area contributed by atoms with Crippen LogP contribution in [0.4, 0.5) is 18.0 Å². The summed E-state index contributed by atoms with van der Waals surface area (Å²) in [5.41, 5.74) is 6.75. The topological polar surface area (TPSA) is 120 Å². The minimum atomic E-state index is -4.50. The number of nitrogens with zero attached hydrogens (tertiary/aromatic N) is 4. The summed E-state index contributed by atoms with van der Waals surface area (Å²) in [7, 11) is 0. The predicted molar refractivity (Wildman–Crippen MR) is 209 cm³/mol. The van der Waals surface area contributed by atoms with E-state index < -0.39 is 29.9 Å². The highest BCUT2D eigenvalue weighted by molar-refractivity contribution is 9.26. The van der Waals surface area contributed by atoms with Gasteiger partial charge in [-0.1, -0.05) is 93.9 Å². The van der Waals surface area contributed by atoms with Crippen LogP contribution in [0.25, 0.3) is 11.3 Å². The van der Waals surface area contributed by atoms with Gasteiger partial charge < -0.3 is 30.7 Å². The average Bonchev–Trinajstić information content (AvgIpc) is 3.51. The fourth-order valence-corrected chi connectivity index (χ4v) is 12.0. The Morgan fingerprint density at radius 3 is 2.21 bits per heavy atom. The number of carbonyl (C=O) groups excluding carboxylic acids is 2. The monoisotopic (exact) mass is 983 g/mol. The molecule has 3 fully saturated rings. The molecular formula is C35H44Br4F3N7O3. The number of benzene rings is 1. The summed E-state index contributed by atoms with van der Waals surface area (Å²) in [4.78, 5) is 49.7. The number of aromatic amines is 1. The van der Waals surface area contributed by atoms with E-state index in [1.165, 1.54) is 36.0 Å². The molecule has 52 heavy (non-hydrogen) atoms. The number of amides is 3. The molecule has 1 aromatic carbocycles. The van der Waals surface area contributed by atoms with Crippen molar-refractivity contribution in [3.8, 4) is 11.3 Å². The molecule has 1 aromatic heterocycles. The number of rotatable bonds is 7. The fourth-order valence-electron chi connectivity index (χ4n) is 7.93. The standard InChI is InChI=1S/C35H44Br4F3N7O3/c36-33(37)19-22(20-34(38,39)30(33)43)17-27(29(50)47-13-7-25(8-14-47)46-11-2-1-3-12-46)44-31(51)48-15-9-26(10-16-48)49-21-28(45-32(49)52)23-5-4-6-24(18-23)35(40,41)42/h4-6,18-19,21,25-27,30H,1-3,7-17,20,43H2,(H,44,51)(H,45,52)/t27-,30?/m1/s1. The summed E-state index contributed by atoms with van der Waals surface area (Å²) in [6, 6.07) is 3.53. The van der Waals surface area contributed by atoms with Crippen LogP contribution in [0.5, 0.6) is 0 Å². The first kappa shape index (κ1) is 40.0. The summed E-state index contributed by atoms with van der Waals surface area (Å²) in [5.74, 6) is -0.110. The van der Waals surface area contributed by atoms with E-state index in [2.05, 4.69) is 78.9 Å². The lowest BCUT2D eigenvalue weighted by Gasteiger charge is -2.42. The molecule has 0 bridgehead atoms. The van der Waals surface area contributed by atoms with Gasteiger partial charge in [-0.2, -0.15) is 13.2 Å². The highest BCUT2D eigenvalue weighted by Gasteiger charge is 2.48. The van der Waals surface area contributed by atoms with Crippen molar-refractivity contribution in [2.24, 2.45) is 5.73 Å². The lowest BCUT2D eigenvalue weighted by Crippen LogP contribution is -2.57. The number of aromatic nitrogens is 2. The summed E-state index contributed by atoms with van der Waals surface area (Å²) in [6.45, 7) is 4.17. The molecule has 2 aromatic rings. The molecule has 1 unspecified atom stereocenters. The number of hydrogen-bond donors (Lipinski definition) is 3. The van der Waals surface area contributed by atoms with E-state index in [0.717, 1.165) is 43.6 Å². The van der Waals surface area contributed by atoms with E-state index in [1.807, 2.05) is 11.0 Å². The van der Waals surface area contributed by atoms with Crippen LogP contribution < -0.4 is 16.7 Å². The van der Waals surface area contributed by atoms with E-state index in [0.29, 0.717) is 63.6 Å². The first-order chi connectivity index (χ1) is 24.5. The molecule has 0 radical (unpaired) electrons. The molecule has 0 saturated carbocycles. The Bertz CT molecular complexity index is 1690. The number of carbonyl (C=O) groups is 2. The number of urea groups is 1. The maximum absolute atomic E-state index is 14.2. The van der Waals surface area contributed by atoms with E-state index in [1.54, 1.807) is 11.1 Å². The van der Waals surface area contributed by atoms with Crippen LogP contribution in [0.3, 0.4) is 0 Å². The molecule has 3 amide bonds. The quantitative estimate of drug-likeness (QED) is 0.203. The van der Waals surface area contributed by atoms with Crippen molar-refractivity contribution in [3.05, 3.63) is 58.2 Å². The Balaban J connectivity index is 1.12. The van der Waals surface area contributed by atoms with Gasteiger partial charge in [-0.05, 0) is 76.6 Å². The van der Waals surface area contributed by atoms with Gasteiger partial charge in [0, 0.05) is 50.0 Å². The Hall–Kier alpha value is -1.66. The van der Waals surface area contributed by atoms with Crippen molar-refractivity contribution < 1.29 is 22.8 Å². The zero-order valence-corrected chi connectivity index (χ0v) is 35.0. The Labute approximate surface area is 335 Å². The van der Waals surface area contributed by atoms with Gasteiger partial charge in [-0.25, -0.2) is 9.59 Å². The van der Waals surface area contributed by atoms with E-state index in [9.17, 15) is 27.6 Å². The van der Waals surface area contributed by atoms with Crippen LogP contribution in [0, 0.1) is 0 Å². The van der Waals surface area contributed by atoms with Crippen molar-refractivity contribution in [1.29, 1.82) is 0 Å². The number of imidazole rings is 1. The van der Waals surface area contributed by atoms with Crippen LogP contribution >= 0.6 is 63.7 Å². The summed E-state index contributed by atoms with van der Waals surface area (Å²) in [5, 5.41) is 3.07. The minimum absolute atomic E-state index is 0.110. The second-order valence-electron chi connectivity index (χ2n) is 14.4. The smallest absolute Gasteiger partial charge is 0.341 e. The van der Waals surface area contributed by atoms with Crippen molar-refractivity contribution in [1.82, 2.24) is 29.6 Å². The highest BCUT2D eigenvalue weighted by Crippen LogP contribution is 2.51. The number of alkyl halides is 7. The average molecular weight is 987 g/mol. The molecule has 4 heterocycles. The van der Waals surface area contributed by atoms with Gasteiger partial charge in [-0.3, -0.25) is 9.36 Å². The molecule has 4 N–H and O–H groups in total. The third-order valence-electron chi connectivity index (χ3n) is 10.9. The molecule has 1 aliphatic carbocycles. The number of nitrogens with one attached hydrogen (secondary N) is 2. The first-order valence-corrected chi connectivity index (χ1v) is 21.0. The largest absolute Gasteiger partial charge is 0.416 e. The molecule has 3 saturated heterocycles. The van der Waals surface area contributed by atoms with Crippen molar-refractivity contribution in [2.75, 3.05) is 39.3 Å². The molecule has 0 spiro atoms. The minimum Gasteiger partial charge on any atom is -0.341 e. The number of nitrogens with two attached hydrogens (primary N) is 1. The number of hydrogen-bond acceptors (Lipinski definition) is 5. The van der Waals surface area contributed by atoms with Crippen LogP contribution in [-0.2, 0) is 11.0 Å². The van der Waals surface area contributed by atoms with Crippen LogP contribution in [0.2, 0.25) is 0 Å². The van der Waals surface area contributed by atoms with Crippen LogP contribution in [0.15, 0.2) is 46.9 Å². The second kappa shape index (κ2) is 16.2. The predicted octanol–water partition coefficient (Wildman–Crippen LogP) is 7.07. The number of piperidine rings is 3. The first-order valence-electron chi connectivity index (χ1n) is 17.8. The molecule has 2 atom stereocenters. The van der Waals surface area contributed by atoms with Crippen molar-refractivity contribution >= 4 is 75.7 Å². The van der Waals surface area contributed by atoms with Gasteiger partial charge in [0.15, 0.2) is 0 Å². The molecule has 6 rings (SSSR count). The molecule has 4 aliphatic rings. The zero-order valence-electron chi connectivity index (χ0n) is 28.6. The summed E-state index contributed by atoms with van der Waals surface area (Å²) < 4.78 is 40.0. The highest BCUT2D eigenvalue weighted by atomic mass is 79.9. The van der Waals surface area contributed by atoms with Gasteiger partial charge >= 0.3 is 17.9 Å². The third kappa shape index (κ3) is 9.23. The number of likely N-dealkylation sites (tertiary alicyclic amines) is 3. The van der Waals surface area contributed by atoms with Crippen molar-refractivity contribution in [2.45, 2.75) is 94.6 Å². The summed E-state index contributed by atoms with van der Waals surface area (Å²) in [6.07, 6.45) is 6.29. The SMILES string of the molecule is NC1C(Br)(Br)C=C(C[C@@H](NC(=O)N2CCC(n3cc(-c4cccc(C(F)(F)F)c4)[nH]c3=O)CC2)C(=O)N2CCC(N3CCCCC3)CC2)CC1(Br)Br. The second-order valence-corrected chi connectivity index (χ2v) is 22.0. The van der Waals surface area contributed by atoms with Gasteiger partial charge in [-0.15, -0.1) is 0 Å². The third-order valence-corrected chi connectivity index (χ3v) is 13.9. The Kier molecular flexibility index (Phi) is 12.5. The van der Waals surface area contributed by atoms with Crippen molar-refractivity contribution in [3.63, 3.8) is 0 Å².